The van der Waals surface area contributed by atoms with Crippen molar-refractivity contribution in [1.82, 2.24) is 9.62 Å². The van der Waals surface area contributed by atoms with Gasteiger partial charge in [0.1, 0.15) is 9.92 Å². The van der Waals surface area contributed by atoms with Crippen LogP contribution in [0, 0.1) is 16.1 Å². The summed E-state index contributed by atoms with van der Waals surface area (Å²) in [6.07, 6.45) is 1.18. The van der Waals surface area contributed by atoms with Crippen molar-refractivity contribution in [3.05, 3.63) is 69.7 Å². The van der Waals surface area contributed by atoms with Gasteiger partial charge >= 0.3 is 0 Å². The van der Waals surface area contributed by atoms with Crippen molar-refractivity contribution in [2.75, 3.05) is 5.75 Å². The van der Waals surface area contributed by atoms with E-state index in [4.69, 9.17) is 28.0 Å². The molecule has 1 heterocycles. The minimum absolute atomic E-state index is 0.244. The predicted molar refractivity (Wildman–Crippen MR) is 172 cm³/mol. The fourth-order valence-electron chi connectivity index (χ4n) is 5.98. The van der Waals surface area contributed by atoms with Crippen molar-refractivity contribution >= 4 is 54.8 Å². The molecule has 5 atom stereocenters. The Balaban J connectivity index is 1.89. The molecule has 2 fully saturated rings. The monoisotopic (exact) mass is 669 g/mol. The van der Waals surface area contributed by atoms with E-state index in [1.165, 1.54) is 0 Å². The highest BCUT2D eigenvalue weighted by Crippen LogP contribution is 2.52. The van der Waals surface area contributed by atoms with Crippen LogP contribution in [0.25, 0.3) is 0 Å². The number of hydrogen-bond donors (Lipinski definition) is 2. The molecule has 1 aliphatic carbocycles. The van der Waals surface area contributed by atoms with Crippen LogP contribution in [0.4, 0.5) is 0 Å². The molecule has 0 aromatic heterocycles. The molecule has 0 radical (unpaired) electrons. The Hall–Kier alpha value is -2.14. The molecule has 2 amide bonds. The number of halogens is 2. The molecular weight excluding hydrogens is 629 g/mol. The van der Waals surface area contributed by atoms with Crippen molar-refractivity contribution in [3.8, 4) is 0 Å². The van der Waals surface area contributed by atoms with Gasteiger partial charge in [-0.15, -0.1) is 0 Å². The van der Waals surface area contributed by atoms with Gasteiger partial charge in [0.15, 0.2) is 9.84 Å². The molecule has 12 heteroatoms. The lowest BCUT2D eigenvalue weighted by molar-refractivity contribution is -0.157. The molecule has 1 aliphatic heterocycles. The molecule has 43 heavy (non-hydrogen) atoms. The van der Waals surface area contributed by atoms with Gasteiger partial charge < -0.3 is 4.90 Å². The van der Waals surface area contributed by atoms with Crippen LogP contribution in [0.5, 0.6) is 0 Å². The number of carbonyl (C=O) groups is 2. The Morgan fingerprint density at radius 1 is 1.02 bits per heavy atom. The molecule has 2 unspecified atom stereocenters. The first-order chi connectivity index (χ1) is 19.9. The second-order valence-corrected chi connectivity index (χ2v) is 18.4. The van der Waals surface area contributed by atoms with Crippen LogP contribution >= 0.6 is 23.2 Å². The van der Waals surface area contributed by atoms with Crippen LogP contribution in [0.15, 0.2) is 48.5 Å². The van der Waals surface area contributed by atoms with E-state index in [9.17, 15) is 22.2 Å². The third kappa shape index (κ3) is 7.57. The Morgan fingerprint density at radius 3 is 2.19 bits per heavy atom. The van der Waals surface area contributed by atoms with Gasteiger partial charge in [0.2, 0.25) is 11.8 Å². The summed E-state index contributed by atoms with van der Waals surface area (Å²) in [6, 6.07) is 13.2. The van der Waals surface area contributed by atoms with E-state index in [-0.39, 0.29) is 41.6 Å². The topological polar surface area (TPSA) is 124 Å². The lowest BCUT2D eigenvalue weighted by Gasteiger charge is -2.53. The number of sulfone groups is 1. The van der Waals surface area contributed by atoms with Gasteiger partial charge in [-0.3, -0.25) is 14.3 Å². The summed E-state index contributed by atoms with van der Waals surface area (Å²) < 4.78 is 50.1. The summed E-state index contributed by atoms with van der Waals surface area (Å²) in [6.45, 7) is 8.75. The van der Waals surface area contributed by atoms with Crippen LogP contribution in [0.1, 0.15) is 83.4 Å². The number of carbonyl (C=O) groups excluding carboxylic acids is 2. The van der Waals surface area contributed by atoms with Gasteiger partial charge in [-0.25, -0.2) is 17.4 Å². The van der Waals surface area contributed by atoms with Crippen LogP contribution in [0.3, 0.4) is 0 Å². The largest absolute Gasteiger partial charge is 0.330 e. The SMILES string of the molecule is CC(C)C(CS(=O)(=O)C(C)C)N1C(=O)[C@@](C)(CC(=O)NS(=N)(=O)C2CC2)C[C@H](c2cccc(Cl)c2)[C@H]1c1ccc(Cl)cc1. The van der Waals surface area contributed by atoms with Crippen molar-refractivity contribution in [1.29, 1.82) is 4.78 Å². The molecule has 8 nitrogen and oxygen atoms in total. The highest BCUT2D eigenvalue weighted by atomic mass is 35.5. The number of nitrogens with zero attached hydrogens (tertiary/aromatic N) is 1. The first kappa shape index (κ1) is 33.7. The zero-order valence-corrected chi connectivity index (χ0v) is 28.3. The number of nitrogens with one attached hydrogen (secondary N) is 2. The number of hydrogen-bond acceptors (Lipinski definition) is 6. The zero-order valence-electron chi connectivity index (χ0n) is 25.2. The Labute approximate surface area is 265 Å². The van der Waals surface area contributed by atoms with Crippen molar-refractivity contribution < 1.29 is 22.2 Å². The van der Waals surface area contributed by atoms with Gasteiger partial charge in [-0.05, 0) is 74.4 Å². The average Bonchev–Trinajstić information content (AvgIpc) is 3.75. The maximum absolute atomic E-state index is 14.8. The Morgan fingerprint density at radius 2 is 1.65 bits per heavy atom. The summed E-state index contributed by atoms with van der Waals surface area (Å²) >= 11 is 12.7. The van der Waals surface area contributed by atoms with E-state index in [1.54, 1.807) is 43.9 Å². The van der Waals surface area contributed by atoms with Crippen LogP contribution in [-0.2, 0) is 29.3 Å². The van der Waals surface area contributed by atoms with Crippen molar-refractivity contribution in [2.24, 2.45) is 11.3 Å². The number of piperidine rings is 1. The smallest absolute Gasteiger partial charge is 0.233 e. The Bertz CT molecular complexity index is 1570. The van der Waals surface area contributed by atoms with E-state index in [0.717, 1.165) is 11.1 Å². The fraction of sp³-hybridized carbons (Fsp3) is 0.548. The minimum Gasteiger partial charge on any atom is -0.330 e. The second-order valence-electron chi connectivity index (χ2n) is 12.8. The van der Waals surface area contributed by atoms with Gasteiger partial charge in [0, 0.05) is 28.4 Å². The third-order valence-corrected chi connectivity index (χ3v) is 13.3. The van der Waals surface area contributed by atoms with E-state index in [2.05, 4.69) is 4.72 Å². The number of benzene rings is 2. The molecule has 2 N–H and O–H groups in total. The van der Waals surface area contributed by atoms with Crippen LogP contribution in [0.2, 0.25) is 10.0 Å². The highest BCUT2D eigenvalue weighted by molar-refractivity contribution is 7.92. The summed E-state index contributed by atoms with van der Waals surface area (Å²) in [5.74, 6) is -1.85. The minimum atomic E-state index is -3.58. The fourth-order valence-corrected chi connectivity index (χ4v) is 9.09. The summed E-state index contributed by atoms with van der Waals surface area (Å²) in [4.78, 5) is 29.8. The average molecular weight is 671 g/mol. The van der Waals surface area contributed by atoms with E-state index in [1.807, 2.05) is 44.2 Å². The summed E-state index contributed by atoms with van der Waals surface area (Å²) in [5, 5.41) is 0.0196. The van der Waals surface area contributed by atoms with Gasteiger partial charge in [0.25, 0.3) is 0 Å². The van der Waals surface area contributed by atoms with Gasteiger partial charge in [0.05, 0.1) is 27.7 Å². The van der Waals surface area contributed by atoms with E-state index in [0.29, 0.717) is 22.9 Å². The van der Waals surface area contributed by atoms with Gasteiger partial charge in [-0.1, -0.05) is 68.2 Å². The first-order valence-electron chi connectivity index (χ1n) is 14.6. The standard InChI is InChI=1S/C31H41Cl2N3O5S2/c1-19(2)27(18-42(39,40)20(3)4)36-29(21-9-11-23(32)12-10-21)26(22-7-6-8-24(33)15-22)16-31(5,30(36)38)17-28(37)35-43(34,41)25-13-14-25/h6-12,15,19-20,25-27,29H,13-14,16-18H2,1-5H3,(H2,34,35,37,41)/t26-,27?,29-,31-,43?/m1/s1. The third-order valence-electron chi connectivity index (χ3n) is 8.65. The molecule has 2 aromatic rings. The Kier molecular flexibility index (Phi) is 9.96. The molecular formula is C31H41Cl2N3O5S2. The van der Waals surface area contributed by atoms with Crippen LogP contribution < -0.4 is 4.72 Å². The molecule has 1 saturated carbocycles. The maximum Gasteiger partial charge on any atom is 0.233 e. The summed E-state index contributed by atoms with van der Waals surface area (Å²) in [5.41, 5.74) is 0.339. The quantitative estimate of drug-likeness (QED) is 0.281. The highest BCUT2D eigenvalue weighted by Gasteiger charge is 2.53. The zero-order chi connectivity index (χ0) is 31.9. The van der Waals surface area contributed by atoms with Crippen molar-refractivity contribution in [3.63, 3.8) is 0 Å². The van der Waals surface area contributed by atoms with Crippen molar-refractivity contribution in [2.45, 2.75) is 88.8 Å². The maximum atomic E-state index is 14.8. The molecule has 0 bridgehead atoms. The van der Waals surface area contributed by atoms with Gasteiger partial charge in [-0.2, -0.15) is 0 Å². The molecule has 236 valence electrons. The lowest BCUT2D eigenvalue weighted by atomic mass is 9.66. The predicted octanol–water partition coefficient (Wildman–Crippen LogP) is 6.54. The number of amides is 2. The molecule has 2 aliphatic rings. The first-order valence-corrected chi connectivity index (χ1v) is 18.7. The van der Waals surface area contributed by atoms with E-state index < -0.39 is 48.4 Å². The molecule has 1 saturated heterocycles. The second kappa shape index (κ2) is 12.7. The lowest BCUT2D eigenvalue weighted by Crippen LogP contribution is -2.59. The molecule has 2 aromatic carbocycles. The molecule has 0 spiro atoms. The summed E-state index contributed by atoms with van der Waals surface area (Å²) in [7, 11) is -6.90. The number of likely N-dealkylation sites (tertiary alicyclic amines) is 1. The van der Waals surface area contributed by atoms with Crippen LogP contribution in [-0.4, -0.2) is 51.6 Å². The van der Waals surface area contributed by atoms with E-state index >= 15 is 0 Å². The number of rotatable bonds is 11. The normalized spacial score (nSPS) is 25.0. The molecule has 4 rings (SSSR count).